The second kappa shape index (κ2) is 4.18. The molecule has 0 N–H and O–H groups in total. The minimum Gasteiger partial charge on any atom is -0.497 e. The van der Waals surface area contributed by atoms with Crippen molar-refractivity contribution in [3.8, 4) is 16.9 Å². The number of halogens is 1. The molecule has 0 aliphatic carbocycles. The molecule has 0 spiro atoms. The number of ether oxygens (including phenoxy) is 1. The van der Waals surface area contributed by atoms with E-state index < -0.39 is 6.01 Å². The molecule has 3 heteroatoms. The fourth-order valence-corrected chi connectivity index (χ4v) is 2.04. The van der Waals surface area contributed by atoms with E-state index in [1.54, 1.807) is 25.3 Å². The molecule has 0 atom stereocenters. The Hall–Kier alpha value is -2.29. The summed E-state index contributed by atoms with van der Waals surface area (Å²) in [6.07, 6.45) is 0. The van der Waals surface area contributed by atoms with Gasteiger partial charge in [-0.05, 0) is 23.8 Å². The van der Waals surface area contributed by atoms with E-state index in [4.69, 9.17) is 9.15 Å². The number of fused-ring (bicyclic) bond motifs is 1. The molecule has 0 aliphatic heterocycles. The summed E-state index contributed by atoms with van der Waals surface area (Å²) in [7, 11) is 1.60. The highest BCUT2D eigenvalue weighted by Gasteiger charge is 2.15. The smallest absolute Gasteiger partial charge is 0.286 e. The monoisotopic (exact) mass is 242 g/mol. The lowest BCUT2D eigenvalue weighted by Crippen LogP contribution is -1.83. The molecule has 90 valence electrons. The standard InChI is InChI=1S/C15H11FO2/c1-17-11-8-6-10(7-9-11)14-12-4-2-3-5-13(12)18-15(14)16/h2-9H,1H3. The van der Waals surface area contributed by atoms with Crippen molar-refractivity contribution >= 4 is 11.0 Å². The average Bonchev–Trinajstić information content (AvgIpc) is 2.75. The summed E-state index contributed by atoms with van der Waals surface area (Å²) in [5, 5.41) is 0.778. The second-order valence-electron chi connectivity index (χ2n) is 3.98. The Labute approximate surface area is 104 Å². The first-order valence-corrected chi connectivity index (χ1v) is 5.61. The van der Waals surface area contributed by atoms with Gasteiger partial charge in [0, 0.05) is 5.39 Å². The lowest BCUT2D eigenvalue weighted by molar-refractivity contribution is 0.383. The molecule has 0 radical (unpaired) electrons. The van der Waals surface area contributed by atoms with Gasteiger partial charge >= 0.3 is 0 Å². The lowest BCUT2D eigenvalue weighted by atomic mass is 10.0. The highest BCUT2D eigenvalue weighted by Crippen LogP contribution is 2.34. The van der Waals surface area contributed by atoms with Gasteiger partial charge in [0.25, 0.3) is 6.01 Å². The number of hydrogen-bond donors (Lipinski definition) is 0. The molecule has 3 aromatic rings. The predicted molar refractivity (Wildman–Crippen MR) is 68.2 cm³/mol. The van der Waals surface area contributed by atoms with E-state index in [-0.39, 0.29) is 0 Å². The van der Waals surface area contributed by atoms with Crippen LogP contribution in [0.15, 0.2) is 52.9 Å². The lowest BCUT2D eigenvalue weighted by Gasteiger charge is -2.02. The van der Waals surface area contributed by atoms with Crippen LogP contribution in [0.25, 0.3) is 22.1 Å². The van der Waals surface area contributed by atoms with E-state index in [0.29, 0.717) is 11.1 Å². The van der Waals surface area contributed by atoms with Crippen LogP contribution in [0.1, 0.15) is 0 Å². The Morgan fingerprint density at radius 3 is 2.44 bits per heavy atom. The summed E-state index contributed by atoms with van der Waals surface area (Å²) in [6.45, 7) is 0. The van der Waals surface area contributed by atoms with Gasteiger partial charge in [0.15, 0.2) is 0 Å². The van der Waals surface area contributed by atoms with E-state index in [0.717, 1.165) is 16.7 Å². The molecule has 0 aliphatic rings. The summed E-state index contributed by atoms with van der Waals surface area (Å²) in [6, 6.07) is 14.0. The van der Waals surface area contributed by atoms with Crippen molar-refractivity contribution in [2.45, 2.75) is 0 Å². The maximum Gasteiger partial charge on any atom is 0.286 e. The Bertz CT molecular complexity index is 683. The Kier molecular flexibility index (Phi) is 2.52. The van der Waals surface area contributed by atoms with Crippen molar-refractivity contribution in [1.29, 1.82) is 0 Å². The van der Waals surface area contributed by atoms with Crippen LogP contribution in [-0.4, -0.2) is 7.11 Å². The first-order valence-electron chi connectivity index (χ1n) is 5.61. The first kappa shape index (κ1) is 10.8. The van der Waals surface area contributed by atoms with E-state index in [1.165, 1.54) is 0 Å². The van der Waals surface area contributed by atoms with Gasteiger partial charge in [-0.2, -0.15) is 4.39 Å². The zero-order valence-corrected chi connectivity index (χ0v) is 9.81. The van der Waals surface area contributed by atoms with E-state index in [1.807, 2.05) is 30.3 Å². The van der Waals surface area contributed by atoms with Gasteiger partial charge in [-0.25, -0.2) is 0 Å². The van der Waals surface area contributed by atoms with Crippen molar-refractivity contribution in [2.75, 3.05) is 7.11 Å². The Morgan fingerprint density at radius 1 is 1.00 bits per heavy atom. The molecule has 0 bridgehead atoms. The average molecular weight is 242 g/mol. The molecule has 0 unspecified atom stereocenters. The van der Waals surface area contributed by atoms with E-state index in [2.05, 4.69) is 0 Å². The zero-order valence-electron chi connectivity index (χ0n) is 9.81. The summed E-state index contributed by atoms with van der Waals surface area (Å²) in [5.41, 5.74) is 1.83. The van der Waals surface area contributed by atoms with Gasteiger partial charge in [-0.1, -0.05) is 30.3 Å². The minimum absolute atomic E-state index is 0.494. The van der Waals surface area contributed by atoms with Crippen LogP contribution in [0.2, 0.25) is 0 Å². The molecule has 2 nitrogen and oxygen atoms in total. The van der Waals surface area contributed by atoms with Crippen LogP contribution in [0, 0.1) is 6.01 Å². The summed E-state index contributed by atoms with van der Waals surface area (Å²) < 4.78 is 24.1. The molecule has 0 saturated heterocycles. The van der Waals surface area contributed by atoms with Gasteiger partial charge in [0.05, 0.1) is 12.7 Å². The fourth-order valence-electron chi connectivity index (χ4n) is 2.04. The maximum atomic E-state index is 13.9. The van der Waals surface area contributed by atoms with Gasteiger partial charge in [-0.3, -0.25) is 0 Å². The number of furan rings is 1. The second-order valence-corrected chi connectivity index (χ2v) is 3.98. The van der Waals surface area contributed by atoms with Crippen LogP contribution in [0.4, 0.5) is 4.39 Å². The number of para-hydroxylation sites is 1. The Morgan fingerprint density at radius 2 is 1.72 bits per heavy atom. The van der Waals surface area contributed by atoms with Crippen LogP contribution in [-0.2, 0) is 0 Å². The van der Waals surface area contributed by atoms with Gasteiger partial charge in [-0.15, -0.1) is 0 Å². The minimum atomic E-state index is -0.554. The van der Waals surface area contributed by atoms with Crippen molar-refractivity contribution in [1.82, 2.24) is 0 Å². The van der Waals surface area contributed by atoms with Crippen molar-refractivity contribution < 1.29 is 13.5 Å². The number of methoxy groups -OCH3 is 1. The third kappa shape index (κ3) is 1.64. The van der Waals surface area contributed by atoms with E-state index in [9.17, 15) is 4.39 Å². The van der Waals surface area contributed by atoms with Crippen LogP contribution in [0.5, 0.6) is 5.75 Å². The number of benzene rings is 2. The fraction of sp³-hybridized carbons (Fsp3) is 0.0667. The van der Waals surface area contributed by atoms with Crippen LogP contribution < -0.4 is 4.74 Å². The third-order valence-electron chi connectivity index (χ3n) is 2.93. The summed E-state index contributed by atoms with van der Waals surface area (Å²) in [5.74, 6) is 0.743. The molecule has 0 fully saturated rings. The van der Waals surface area contributed by atoms with Gasteiger partial charge in [0.2, 0.25) is 0 Å². The summed E-state index contributed by atoms with van der Waals surface area (Å²) in [4.78, 5) is 0. The van der Waals surface area contributed by atoms with Gasteiger partial charge < -0.3 is 9.15 Å². The number of hydrogen-bond acceptors (Lipinski definition) is 2. The molecule has 1 heterocycles. The molecule has 3 rings (SSSR count). The molecule has 1 aromatic heterocycles. The molecule has 2 aromatic carbocycles. The van der Waals surface area contributed by atoms with Crippen molar-refractivity contribution in [3.05, 3.63) is 54.5 Å². The highest BCUT2D eigenvalue weighted by molar-refractivity contribution is 5.94. The molecule has 0 saturated carbocycles. The first-order chi connectivity index (χ1) is 8.79. The Balaban J connectivity index is 2.20. The number of rotatable bonds is 2. The summed E-state index contributed by atoms with van der Waals surface area (Å²) >= 11 is 0. The van der Waals surface area contributed by atoms with Gasteiger partial charge in [0.1, 0.15) is 11.3 Å². The molecule has 0 amide bonds. The van der Waals surface area contributed by atoms with Crippen molar-refractivity contribution in [3.63, 3.8) is 0 Å². The van der Waals surface area contributed by atoms with E-state index >= 15 is 0 Å². The van der Waals surface area contributed by atoms with Crippen molar-refractivity contribution in [2.24, 2.45) is 0 Å². The van der Waals surface area contributed by atoms with Crippen LogP contribution in [0.3, 0.4) is 0 Å². The quantitative estimate of drug-likeness (QED) is 0.670. The highest BCUT2D eigenvalue weighted by atomic mass is 19.1. The van der Waals surface area contributed by atoms with Crippen LogP contribution >= 0.6 is 0 Å². The molecule has 18 heavy (non-hydrogen) atoms. The third-order valence-corrected chi connectivity index (χ3v) is 2.93. The molecular weight excluding hydrogens is 231 g/mol. The molecular formula is C15H11FO2. The maximum absolute atomic E-state index is 13.9. The normalized spacial score (nSPS) is 10.8. The topological polar surface area (TPSA) is 22.4 Å². The zero-order chi connectivity index (χ0) is 12.5. The largest absolute Gasteiger partial charge is 0.497 e. The SMILES string of the molecule is COc1ccc(-c2c(F)oc3ccccc23)cc1. The predicted octanol–water partition coefficient (Wildman–Crippen LogP) is 4.25.